The Labute approximate surface area is 128 Å². The summed E-state index contributed by atoms with van der Waals surface area (Å²) in [4.78, 5) is 9.62. The summed E-state index contributed by atoms with van der Waals surface area (Å²) in [5.41, 5.74) is -2.22. The van der Waals surface area contributed by atoms with E-state index in [0.29, 0.717) is 0 Å². The van der Waals surface area contributed by atoms with E-state index < -0.39 is 44.0 Å². The molecule has 1 atom stereocenters. The van der Waals surface area contributed by atoms with Crippen LogP contribution in [0.4, 0.5) is 5.69 Å². The number of hydrogen-bond acceptors (Lipinski definition) is 7. The molecule has 0 bridgehead atoms. The van der Waals surface area contributed by atoms with Crippen molar-refractivity contribution >= 4 is 15.7 Å². The van der Waals surface area contributed by atoms with Crippen molar-refractivity contribution in [1.29, 1.82) is 0 Å². The second-order valence-corrected chi connectivity index (χ2v) is 6.45. The van der Waals surface area contributed by atoms with Gasteiger partial charge in [-0.15, -0.1) is 0 Å². The minimum Gasteiger partial charge on any atom is -0.383 e. The molecule has 0 saturated heterocycles. The van der Waals surface area contributed by atoms with Gasteiger partial charge in [-0.2, -0.15) is 0 Å². The van der Waals surface area contributed by atoms with Crippen LogP contribution in [0.15, 0.2) is 29.2 Å². The van der Waals surface area contributed by atoms with Crippen molar-refractivity contribution in [3.05, 3.63) is 34.4 Å². The lowest BCUT2D eigenvalue weighted by Crippen LogP contribution is -2.50. The van der Waals surface area contributed by atoms with Crippen LogP contribution in [0.25, 0.3) is 0 Å². The van der Waals surface area contributed by atoms with Crippen molar-refractivity contribution in [3.8, 4) is 0 Å². The van der Waals surface area contributed by atoms with E-state index in [1.54, 1.807) is 0 Å². The molecule has 0 saturated carbocycles. The van der Waals surface area contributed by atoms with Gasteiger partial charge in [0.05, 0.1) is 4.92 Å². The summed E-state index contributed by atoms with van der Waals surface area (Å²) in [7, 11) is -1.60. The molecule has 0 aliphatic carbocycles. The van der Waals surface area contributed by atoms with Crippen molar-refractivity contribution in [2.45, 2.75) is 23.7 Å². The summed E-state index contributed by atoms with van der Waals surface area (Å²) in [5, 5.41) is 21.0. The van der Waals surface area contributed by atoms with Crippen molar-refractivity contribution in [1.82, 2.24) is 4.72 Å². The van der Waals surface area contributed by atoms with Gasteiger partial charge in [-0.05, 0) is 13.0 Å². The van der Waals surface area contributed by atoms with E-state index in [2.05, 4.69) is 4.72 Å². The van der Waals surface area contributed by atoms with E-state index in [-0.39, 0.29) is 0 Å². The second-order valence-electron chi connectivity index (χ2n) is 4.71. The highest BCUT2D eigenvalue weighted by Crippen LogP contribution is 2.23. The molecule has 22 heavy (non-hydrogen) atoms. The van der Waals surface area contributed by atoms with Gasteiger partial charge < -0.3 is 14.6 Å². The van der Waals surface area contributed by atoms with Crippen LogP contribution in [0.5, 0.6) is 0 Å². The van der Waals surface area contributed by atoms with Crippen LogP contribution < -0.4 is 4.72 Å². The number of nitro benzene ring substituents is 1. The van der Waals surface area contributed by atoms with E-state index >= 15 is 0 Å². The maximum atomic E-state index is 12.2. The molecule has 1 rings (SSSR count). The molecule has 1 aromatic rings. The van der Waals surface area contributed by atoms with Crippen molar-refractivity contribution in [2.75, 3.05) is 20.8 Å². The fraction of sp³-hybridized carbons (Fsp3) is 0.500. The molecule has 10 heteroatoms. The second kappa shape index (κ2) is 7.11. The molecule has 1 aromatic carbocycles. The Morgan fingerprint density at radius 1 is 1.36 bits per heavy atom. The third-order valence-electron chi connectivity index (χ3n) is 2.91. The van der Waals surface area contributed by atoms with Crippen LogP contribution in [0.2, 0.25) is 0 Å². The van der Waals surface area contributed by atoms with Crippen molar-refractivity contribution in [3.63, 3.8) is 0 Å². The van der Waals surface area contributed by atoms with Crippen LogP contribution in [-0.2, 0) is 19.5 Å². The molecule has 0 radical (unpaired) electrons. The minimum atomic E-state index is -4.18. The number of nitrogens with one attached hydrogen (secondary N) is 1. The Kier molecular flexibility index (Phi) is 5.97. The zero-order valence-corrected chi connectivity index (χ0v) is 13.2. The highest BCUT2D eigenvalue weighted by molar-refractivity contribution is 7.89. The fourth-order valence-electron chi connectivity index (χ4n) is 1.84. The van der Waals surface area contributed by atoms with Gasteiger partial charge in [0.2, 0.25) is 10.0 Å². The molecule has 0 fully saturated rings. The highest BCUT2D eigenvalue weighted by atomic mass is 32.2. The Morgan fingerprint density at radius 3 is 2.41 bits per heavy atom. The quantitative estimate of drug-likeness (QED) is 0.396. The third-order valence-corrected chi connectivity index (χ3v) is 4.36. The molecular weight excluding hydrogens is 316 g/mol. The summed E-state index contributed by atoms with van der Waals surface area (Å²) >= 11 is 0. The molecule has 0 aliphatic heterocycles. The minimum absolute atomic E-state index is 0.451. The normalized spacial score (nSPS) is 14.8. The number of hydrogen-bond donors (Lipinski definition) is 2. The van der Waals surface area contributed by atoms with Gasteiger partial charge in [0.25, 0.3) is 5.69 Å². The van der Waals surface area contributed by atoms with E-state index in [0.717, 1.165) is 12.1 Å². The molecule has 0 aromatic heterocycles. The molecule has 0 amide bonds. The molecule has 9 nitrogen and oxygen atoms in total. The van der Waals surface area contributed by atoms with Gasteiger partial charge in [0.15, 0.2) is 11.2 Å². The fourth-order valence-corrected chi connectivity index (χ4v) is 3.15. The van der Waals surface area contributed by atoms with Gasteiger partial charge in [0, 0.05) is 26.8 Å². The number of aliphatic hydroxyl groups is 1. The first kappa shape index (κ1) is 18.5. The number of rotatable bonds is 8. The standard InChI is InChI=1S/C12H18N2O7S/c1-12(15,11(20-2)21-3)8-13-22(18,19)10-7-5-4-6-9(10)14(16)17/h4-7,11,13,15H,8H2,1-3H3/t12-/m1/s1. The zero-order valence-electron chi connectivity index (χ0n) is 12.3. The molecule has 0 unspecified atom stereocenters. The Bertz CT molecular complexity index is 626. The number of sulfonamides is 1. The summed E-state index contributed by atoms with van der Waals surface area (Å²) in [6, 6.07) is 4.92. The summed E-state index contributed by atoms with van der Waals surface area (Å²) < 4.78 is 36.3. The van der Waals surface area contributed by atoms with E-state index in [4.69, 9.17) is 9.47 Å². The van der Waals surface area contributed by atoms with E-state index in [1.165, 1.54) is 33.3 Å². The smallest absolute Gasteiger partial charge is 0.289 e. The summed E-state index contributed by atoms with van der Waals surface area (Å²) in [5.74, 6) is 0. The van der Waals surface area contributed by atoms with Crippen LogP contribution in [0.1, 0.15) is 6.92 Å². The molecule has 124 valence electrons. The lowest BCUT2D eigenvalue weighted by Gasteiger charge is -2.30. The number of nitro groups is 1. The van der Waals surface area contributed by atoms with Crippen molar-refractivity contribution < 1.29 is 27.9 Å². The average Bonchev–Trinajstić information content (AvgIpc) is 2.46. The lowest BCUT2D eigenvalue weighted by molar-refractivity contribution is -0.387. The van der Waals surface area contributed by atoms with Gasteiger partial charge >= 0.3 is 0 Å². The van der Waals surface area contributed by atoms with Gasteiger partial charge in [0.1, 0.15) is 5.60 Å². The van der Waals surface area contributed by atoms with Gasteiger partial charge in [-0.1, -0.05) is 12.1 Å². The SMILES string of the molecule is COC(OC)[C@](C)(O)CNS(=O)(=O)c1ccccc1[N+](=O)[O-]. The van der Waals surface area contributed by atoms with E-state index in [1.807, 2.05) is 0 Å². The topological polar surface area (TPSA) is 128 Å². The lowest BCUT2D eigenvalue weighted by atomic mass is 10.1. The number of nitrogens with zero attached hydrogens (tertiary/aromatic N) is 1. The first-order chi connectivity index (χ1) is 10.2. The number of para-hydroxylation sites is 1. The first-order valence-electron chi connectivity index (χ1n) is 6.16. The summed E-state index contributed by atoms with van der Waals surface area (Å²) in [6.45, 7) is 0.861. The zero-order chi connectivity index (χ0) is 17.0. The predicted octanol–water partition coefficient (Wildman–Crippen LogP) is 0.243. The maximum absolute atomic E-state index is 12.2. The first-order valence-corrected chi connectivity index (χ1v) is 7.65. The summed E-state index contributed by atoms with van der Waals surface area (Å²) in [6.07, 6.45) is -1.07. The number of ether oxygens (including phenoxy) is 2. The molecule has 2 N–H and O–H groups in total. The molecule has 0 aliphatic rings. The Balaban J connectivity index is 3.01. The van der Waals surface area contributed by atoms with Crippen molar-refractivity contribution in [2.24, 2.45) is 0 Å². The molecule has 0 heterocycles. The van der Waals surface area contributed by atoms with E-state index in [9.17, 15) is 23.6 Å². The maximum Gasteiger partial charge on any atom is 0.289 e. The highest BCUT2D eigenvalue weighted by Gasteiger charge is 2.35. The van der Waals surface area contributed by atoms with Gasteiger partial charge in [-0.3, -0.25) is 10.1 Å². The average molecular weight is 334 g/mol. The van der Waals surface area contributed by atoms with Crippen LogP contribution in [-0.4, -0.2) is 51.1 Å². The van der Waals surface area contributed by atoms with Crippen LogP contribution in [0, 0.1) is 10.1 Å². The molecule has 0 spiro atoms. The number of benzene rings is 1. The Morgan fingerprint density at radius 2 is 1.91 bits per heavy atom. The third kappa shape index (κ3) is 4.21. The monoisotopic (exact) mass is 334 g/mol. The number of methoxy groups -OCH3 is 2. The van der Waals surface area contributed by atoms with Gasteiger partial charge in [-0.25, -0.2) is 13.1 Å². The predicted molar refractivity (Wildman–Crippen MR) is 76.7 cm³/mol. The van der Waals surface area contributed by atoms with Crippen LogP contribution in [0.3, 0.4) is 0 Å². The molecular formula is C12H18N2O7S. The van der Waals surface area contributed by atoms with Crippen LogP contribution >= 0.6 is 0 Å². The Hall–Kier alpha value is -1.59. The largest absolute Gasteiger partial charge is 0.383 e.